The van der Waals surface area contributed by atoms with Gasteiger partial charge in [0.1, 0.15) is 9.88 Å². The van der Waals surface area contributed by atoms with Gasteiger partial charge < -0.3 is 10.8 Å². The summed E-state index contributed by atoms with van der Waals surface area (Å²) in [5.74, 6) is -0.0811. The average molecular weight is 315 g/mol. The summed E-state index contributed by atoms with van der Waals surface area (Å²) in [6.45, 7) is 2.45. The zero-order chi connectivity index (χ0) is 14.9. The van der Waals surface area contributed by atoms with Crippen LogP contribution in [0.25, 0.3) is 0 Å². The normalized spacial score (nSPS) is 24.5. The highest BCUT2D eigenvalue weighted by atomic mass is 32.2. The van der Waals surface area contributed by atoms with E-state index >= 15 is 0 Å². The van der Waals surface area contributed by atoms with Crippen LogP contribution in [0.4, 0.5) is 0 Å². The van der Waals surface area contributed by atoms with E-state index in [0.717, 1.165) is 0 Å². The summed E-state index contributed by atoms with van der Waals surface area (Å²) >= 11 is 4.78. The average Bonchev–Trinajstić information content (AvgIpc) is 2.41. The van der Waals surface area contributed by atoms with Crippen molar-refractivity contribution in [3.05, 3.63) is 24.0 Å². The lowest BCUT2D eigenvalue weighted by molar-refractivity contribution is 0.0628. The van der Waals surface area contributed by atoms with Gasteiger partial charge in [-0.05, 0) is 24.5 Å². The minimum atomic E-state index is -3.59. The summed E-state index contributed by atoms with van der Waals surface area (Å²) in [7, 11) is -3.59. The van der Waals surface area contributed by atoms with Gasteiger partial charge in [0.2, 0.25) is 10.0 Å². The molecule has 0 bridgehead atoms. The van der Waals surface area contributed by atoms with Gasteiger partial charge in [-0.15, -0.1) is 0 Å². The first-order valence-corrected chi connectivity index (χ1v) is 8.11. The van der Waals surface area contributed by atoms with Crippen LogP contribution >= 0.6 is 12.2 Å². The highest BCUT2D eigenvalue weighted by Gasteiger charge is 2.32. The van der Waals surface area contributed by atoms with Crippen molar-refractivity contribution in [2.45, 2.75) is 24.3 Å². The number of rotatable bonds is 3. The molecule has 1 aromatic rings. The number of nitrogens with two attached hydrogens (primary N) is 1. The Morgan fingerprint density at radius 3 is 2.75 bits per heavy atom. The van der Waals surface area contributed by atoms with E-state index in [1.807, 2.05) is 6.92 Å². The van der Waals surface area contributed by atoms with Crippen molar-refractivity contribution >= 4 is 27.2 Å². The van der Waals surface area contributed by atoms with E-state index in [1.165, 1.54) is 22.6 Å². The lowest BCUT2D eigenvalue weighted by atomic mass is 9.99. The maximum atomic E-state index is 12.5. The topological polar surface area (TPSA) is 96.5 Å². The van der Waals surface area contributed by atoms with Gasteiger partial charge in [-0.1, -0.05) is 19.1 Å². The van der Waals surface area contributed by atoms with E-state index in [4.69, 9.17) is 18.0 Å². The number of aliphatic hydroxyl groups is 1. The van der Waals surface area contributed by atoms with E-state index in [1.54, 1.807) is 0 Å². The number of hydrogen-bond donors (Lipinski definition) is 2. The molecule has 20 heavy (non-hydrogen) atoms. The van der Waals surface area contributed by atoms with Gasteiger partial charge in [-0.25, -0.2) is 8.42 Å². The molecule has 1 aliphatic heterocycles. The molecule has 2 atom stereocenters. The van der Waals surface area contributed by atoms with Gasteiger partial charge >= 0.3 is 0 Å². The SMILES string of the molecule is CC1CN(S(=O)(=O)c2ccc(C(N)=S)nc2)CCC1O. The Balaban J connectivity index is 2.24. The Kier molecular flexibility index (Phi) is 4.38. The number of hydrogen-bond acceptors (Lipinski definition) is 5. The van der Waals surface area contributed by atoms with Crippen LogP contribution in [0.5, 0.6) is 0 Å². The number of aliphatic hydroxyl groups excluding tert-OH is 1. The first-order chi connectivity index (χ1) is 9.32. The molecule has 0 spiro atoms. The molecule has 3 N–H and O–H groups in total. The van der Waals surface area contributed by atoms with Crippen molar-refractivity contribution in [1.29, 1.82) is 0 Å². The molecule has 0 radical (unpaired) electrons. The first-order valence-electron chi connectivity index (χ1n) is 6.26. The van der Waals surface area contributed by atoms with Crippen LogP contribution in [0.1, 0.15) is 19.0 Å². The molecule has 2 unspecified atom stereocenters. The van der Waals surface area contributed by atoms with Crippen molar-refractivity contribution in [1.82, 2.24) is 9.29 Å². The third kappa shape index (κ3) is 2.98. The summed E-state index contributed by atoms with van der Waals surface area (Å²) in [6.07, 6.45) is 1.26. The van der Waals surface area contributed by atoms with Crippen LogP contribution in [0.15, 0.2) is 23.2 Å². The van der Waals surface area contributed by atoms with Gasteiger partial charge in [0, 0.05) is 19.3 Å². The van der Waals surface area contributed by atoms with Crippen LogP contribution < -0.4 is 5.73 Å². The lowest BCUT2D eigenvalue weighted by Gasteiger charge is -2.33. The van der Waals surface area contributed by atoms with Crippen LogP contribution in [0.3, 0.4) is 0 Å². The minimum absolute atomic E-state index is 0.0811. The molecule has 1 aromatic heterocycles. The summed E-state index contributed by atoms with van der Waals surface area (Å²) in [5, 5.41) is 9.67. The number of pyridine rings is 1. The molecule has 2 rings (SSSR count). The fourth-order valence-corrected chi connectivity index (χ4v) is 3.76. The molecule has 0 amide bonds. The van der Waals surface area contributed by atoms with Gasteiger partial charge in [0.25, 0.3) is 0 Å². The predicted molar refractivity (Wildman–Crippen MR) is 78.7 cm³/mol. The van der Waals surface area contributed by atoms with E-state index in [0.29, 0.717) is 25.2 Å². The van der Waals surface area contributed by atoms with Gasteiger partial charge in [0.05, 0.1) is 11.8 Å². The van der Waals surface area contributed by atoms with Gasteiger partial charge in [-0.2, -0.15) is 4.31 Å². The minimum Gasteiger partial charge on any atom is -0.393 e. The molecule has 1 saturated heterocycles. The third-order valence-electron chi connectivity index (χ3n) is 3.45. The Bertz CT molecular complexity index is 601. The summed E-state index contributed by atoms with van der Waals surface area (Å²) in [4.78, 5) is 4.19. The summed E-state index contributed by atoms with van der Waals surface area (Å²) in [6, 6.07) is 2.95. The van der Waals surface area contributed by atoms with Crippen molar-refractivity contribution in [2.75, 3.05) is 13.1 Å². The Morgan fingerprint density at radius 1 is 1.55 bits per heavy atom. The molecule has 1 fully saturated rings. The number of piperidine rings is 1. The maximum Gasteiger partial charge on any atom is 0.244 e. The monoisotopic (exact) mass is 315 g/mol. The zero-order valence-electron chi connectivity index (χ0n) is 11.1. The Hall–Kier alpha value is -1.09. The lowest BCUT2D eigenvalue weighted by Crippen LogP contribution is -2.44. The second kappa shape index (κ2) is 5.72. The molecule has 8 heteroatoms. The Morgan fingerprint density at radius 2 is 2.25 bits per heavy atom. The van der Waals surface area contributed by atoms with E-state index in [-0.39, 0.29) is 15.8 Å². The van der Waals surface area contributed by atoms with Gasteiger partial charge in [0.15, 0.2) is 0 Å². The molecular formula is C12H17N3O3S2. The third-order valence-corrected chi connectivity index (χ3v) is 5.51. The van der Waals surface area contributed by atoms with E-state index < -0.39 is 16.1 Å². The highest BCUT2D eigenvalue weighted by molar-refractivity contribution is 7.89. The van der Waals surface area contributed by atoms with E-state index in [9.17, 15) is 13.5 Å². The number of sulfonamides is 1. The fourth-order valence-electron chi connectivity index (χ4n) is 2.14. The Labute approximate surface area is 123 Å². The first kappa shape index (κ1) is 15.3. The van der Waals surface area contributed by atoms with Crippen molar-refractivity contribution < 1.29 is 13.5 Å². The zero-order valence-corrected chi connectivity index (χ0v) is 12.7. The molecular weight excluding hydrogens is 298 g/mol. The van der Waals surface area contributed by atoms with Crippen LogP contribution in [0, 0.1) is 5.92 Å². The molecule has 110 valence electrons. The summed E-state index contributed by atoms with van der Waals surface area (Å²) in [5.41, 5.74) is 5.82. The molecule has 1 aliphatic rings. The smallest absolute Gasteiger partial charge is 0.244 e. The second-order valence-corrected chi connectivity index (χ2v) is 7.32. The fraction of sp³-hybridized carbons (Fsp3) is 0.500. The van der Waals surface area contributed by atoms with Gasteiger partial charge in [-0.3, -0.25) is 4.98 Å². The van der Waals surface area contributed by atoms with E-state index in [2.05, 4.69) is 4.98 Å². The summed E-state index contributed by atoms with van der Waals surface area (Å²) < 4.78 is 26.3. The van der Waals surface area contributed by atoms with Crippen molar-refractivity contribution in [2.24, 2.45) is 11.7 Å². The van der Waals surface area contributed by atoms with Crippen LogP contribution in [-0.2, 0) is 10.0 Å². The van der Waals surface area contributed by atoms with Crippen molar-refractivity contribution in [3.8, 4) is 0 Å². The maximum absolute atomic E-state index is 12.5. The molecule has 0 saturated carbocycles. The van der Waals surface area contributed by atoms with Crippen LogP contribution in [-0.4, -0.2) is 47.0 Å². The largest absolute Gasteiger partial charge is 0.393 e. The number of thiocarbonyl (C=S) groups is 1. The highest BCUT2D eigenvalue weighted by Crippen LogP contribution is 2.23. The molecule has 6 nitrogen and oxygen atoms in total. The number of nitrogens with zero attached hydrogens (tertiary/aromatic N) is 2. The molecule has 0 aliphatic carbocycles. The standard InChI is InChI=1S/C12H17N3O3S2/c1-8-7-15(5-4-11(8)16)20(17,18)9-2-3-10(12(13)19)14-6-9/h2-3,6,8,11,16H,4-5,7H2,1H3,(H2,13,19). The van der Waals surface area contributed by atoms with Crippen molar-refractivity contribution in [3.63, 3.8) is 0 Å². The second-order valence-electron chi connectivity index (χ2n) is 4.94. The predicted octanol–water partition coefficient (Wildman–Crippen LogP) is 0.107. The van der Waals surface area contributed by atoms with Crippen LogP contribution in [0.2, 0.25) is 0 Å². The molecule has 2 heterocycles. The molecule has 0 aromatic carbocycles. The quantitative estimate of drug-likeness (QED) is 0.768. The number of aromatic nitrogens is 1.